The monoisotopic (exact) mass is 341 g/mol. The Morgan fingerprint density at radius 1 is 1.16 bits per heavy atom. The number of carbonyl (C=O) groups is 1. The zero-order valence-corrected chi connectivity index (χ0v) is 15.6. The molecule has 0 bridgehead atoms. The largest absolute Gasteiger partial charge is 0.459 e. The van der Waals surface area contributed by atoms with E-state index >= 15 is 0 Å². The SMILES string of the molecule is CN=C(NCC(=O)OC(C)(C)C)NC(C)c1ccc2ccccc2c1. The number of guanidine groups is 1. The highest BCUT2D eigenvalue weighted by Gasteiger charge is 2.16. The maximum Gasteiger partial charge on any atom is 0.325 e. The van der Waals surface area contributed by atoms with Gasteiger partial charge in [0.1, 0.15) is 12.1 Å². The molecular formula is C20H27N3O2. The molecule has 0 aromatic heterocycles. The van der Waals surface area contributed by atoms with Crippen molar-refractivity contribution in [1.29, 1.82) is 0 Å². The molecule has 5 nitrogen and oxygen atoms in total. The topological polar surface area (TPSA) is 62.7 Å². The Bertz CT molecular complexity index is 763. The van der Waals surface area contributed by atoms with Crippen LogP contribution >= 0.6 is 0 Å². The summed E-state index contributed by atoms with van der Waals surface area (Å²) in [5.74, 6) is 0.250. The van der Waals surface area contributed by atoms with Crippen LogP contribution in [-0.2, 0) is 9.53 Å². The molecule has 0 aliphatic rings. The van der Waals surface area contributed by atoms with Gasteiger partial charge in [0.05, 0.1) is 6.04 Å². The molecule has 134 valence electrons. The van der Waals surface area contributed by atoms with Crippen LogP contribution in [0, 0.1) is 0 Å². The van der Waals surface area contributed by atoms with E-state index in [1.165, 1.54) is 10.8 Å². The summed E-state index contributed by atoms with van der Waals surface area (Å²) in [4.78, 5) is 16.0. The predicted octanol–water partition coefficient (Wildman–Crippen LogP) is 3.41. The van der Waals surface area contributed by atoms with Crippen molar-refractivity contribution in [3.63, 3.8) is 0 Å². The molecule has 0 fully saturated rings. The molecule has 2 aromatic rings. The summed E-state index contributed by atoms with van der Waals surface area (Å²) in [5.41, 5.74) is 0.660. The number of benzene rings is 2. The lowest BCUT2D eigenvalue weighted by Crippen LogP contribution is -2.42. The van der Waals surface area contributed by atoms with Crippen LogP contribution in [0.15, 0.2) is 47.5 Å². The molecule has 2 rings (SSSR count). The van der Waals surface area contributed by atoms with Gasteiger partial charge < -0.3 is 15.4 Å². The van der Waals surface area contributed by atoms with Crippen LogP contribution in [0.5, 0.6) is 0 Å². The van der Waals surface area contributed by atoms with Crippen molar-refractivity contribution in [3.8, 4) is 0 Å². The standard InChI is InChI=1S/C20H27N3O2/c1-14(16-11-10-15-8-6-7-9-17(15)12-16)23-19(21-5)22-13-18(24)25-20(2,3)4/h6-12,14H,13H2,1-5H3,(H2,21,22,23). The van der Waals surface area contributed by atoms with Crippen molar-refractivity contribution in [2.45, 2.75) is 39.3 Å². The molecule has 1 unspecified atom stereocenters. The lowest BCUT2D eigenvalue weighted by Gasteiger charge is -2.21. The minimum atomic E-state index is -0.492. The van der Waals surface area contributed by atoms with Crippen molar-refractivity contribution in [2.75, 3.05) is 13.6 Å². The van der Waals surface area contributed by atoms with E-state index in [9.17, 15) is 4.79 Å². The summed E-state index contributed by atoms with van der Waals surface area (Å²) >= 11 is 0. The van der Waals surface area contributed by atoms with Crippen molar-refractivity contribution < 1.29 is 9.53 Å². The number of hydrogen-bond donors (Lipinski definition) is 2. The number of carbonyl (C=O) groups excluding carboxylic acids is 1. The van der Waals surface area contributed by atoms with Gasteiger partial charge in [0.25, 0.3) is 0 Å². The summed E-state index contributed by atoms with van der Waals surface area (Å²) in [6, 6.07) is 14.7. The van der Waals surface area contributed by atoms with Crippen LogP contribution in [-0.4, -0.2) is 31.1 Å². The van der Waals surface area contributed by atoms with Crippen molar-refractivity contribution in [3.05, 3.63) is 48.0 Å². The van der Waals surface area contributed by atoms with Crippen molar-refractivity contribution in [1.82, 2.24) is 10.6 Å². The van der Waals surface area contributed by atoms with E-state index in [-0.39, 0.29) is 18.6 Å². The number of rotatable bonds is 4. The van der Waals surface area contributed by atoms with Gasteiger partial charge in [-0.3, -0.25) is 9.79 Å². The molecule has 5 heteroatoms. The summed E-state index contributed by atoms with van der Waals surface area (Å²) in [7, 11) is 1.68. The van der Waals surface area contributed by atoms with E-state index in [0.29, 0.717) is 5.96 Å². The van der Waals surface area contributed by atoms with Crippen LogP contribution in [0.4, 0.5) is 0 Å². The Labute approximate surface area is 149 Å². The normalized spacial score (nSPS) is 13.4. The maximum atomic E-state index is 11.8. The summed E-state index contributed by atoms with van der Waals surface area (Å²) in [5, 5.41) is 8.70. The third-order valence-electron chi connectivity index (χ3n) is 3.67. The second-order valence-corrected chi connectivity index (χ2v) is 6.98. The van der Waals surface area contributed by atoms with Gasteiger partial charge in [-0.2, -0.15) is 0 Å². The number of fused-ring (bicyclic) bond motifs is 1. The highest BCUT2D eigenvalue weighted by molar-refractivity contribution is 5.85. The fourth-order valence-electron chi connectivity index (χ4n) is 2.49. The van der Waals surface area contributed by atoms with Crippen LogP contribution in [0.25, 0.3) is 10.8 Å². The minimum Gasteiger partial charge on any atom is -0.459 e. The van der Waals surface area contributed by atoms with E-state index in [1.54, 1.807) is 7.05 Å². The molecule has 0 saturated carbocycles. The van der Waals surface area contributed by atoms with E-state index in [0.717, 1.165) is 5.56 Å². The Morgan fingerprint density at radius 2 is 1.84 bits per heavy atom. The number of nitrogens with one attached hydrogen (secondary N) is 2. The first-order valence-electron chi connectivity index (χ1n) is 8.46. The van der Waals surface area contributed by atoms with Crippen molar-refractivity contribution >= 4 is 22.7 Å². The number of nitrogens with zero attached hydrogens (tertiary/aromatic N) is 1. The van der Waals surface area contributed by atoms with E-state index in [2.05, 4.69) is 52.9 Å². The molecule has 2 aromatic carbocycles. The van der Waals surface area contributed by atoms with E-state index in [1.807, 2.05) is 32.9 Å². The fourth-order valence-corrected chi connectivity index (χ4v) is 2.49. The van der Waals surface area contributed by atoms with Crippen LogP contribution in [0.3, 0.4) is 0 Å². The predicted molar refractivity (Wildman–Crippen MR) is 103 cm³/mol. The minimum absolute atomic E-state index is 0.0504. The van der Waals surface area contributed by atoms with Crippen molar-refractivity contribution in [2.24, 2.45) is 4.99 Å². The first kappa shape index (κ1) is 18.8. The smallest absolute Gasteiger partial charge is 0.325 e. The maximum absolute atomic E-state index is 11.8. The molecule has 0 spiro atoms. The zero-order valence-electron chi connectivity index (χ0n) is 15.6. The number of esters is 1. The van der Waals surface area contributed by atoms with Crippen LogP contribution in [0.1, 0.15) is 39.3 Å². The molecule has 1 atom stereocenters. The van der Waals surface area contributed by atoms with Gasteiger partial charge >= 0.3 is 5.97 Å². The van der Waals surface area contributed by atoms with Gasteiger partial charge in [-0.25, -0.2) is 0 Å². The van der Waals surface area contributed by atoms with E-state index < -0.39 is 5.60 Å². The third kappa shape index (κ3) is 5.78. The molecule has 0 saturated heterocycles. The Kier molecular flexibility index (Phi) is 6.02. The molecule has 0 amide bonds. The highest BCUT2D eigenvalue weighted by atomic mass is 16.6. The quantitative estimate of drug-likeness (QED) is 0.508. The van der Waals surface area contributed by atoms with Crippen LogP contribution in [0.2, 0.25) is 0 Å². The number of aliphatic imine (C=N–C) groups is 1. The first-order chi connectivity index (χ1) is 11.8. The molecule has 0 aliphatic heterocycles. The summed E-state index contributed by atoms with van der Waals surface area (Å²) in [6.07, 6.45) is 0. The molecule has 2 N–H and O–H groups in total. The molecular weight excluding hydrogens is 314 g/mol. The summed E-state index contributed by atoms with van der Waals surface area (Å²) < 4.78 is 5.29. The fraction of sp³-hybridized carbons (Fsp3) is 0.400. The van der Waals surface area contributed by atoms with Gasteiger partial charge in [0, 0.05) is 7.05 Å². The van der Waals surface area contributed by atoms with Gasteiger partial charge in [-0.05, 0) is 50.1 Å². The van der Waals surface area contributed by atoms with Gasteiger partial charge in [-0.15, -0.1) is 0 Å². The Morgan fingerprint density at radius 3 is 2.48 bits per heavy atom. The van der Waals surface area contributed by atoms with E-state index in [4.69, 9.17) is 4.74 Å². The van der Waals surface area contributed by atoms with Gasteiger partial charge in [0.2, 0.25) is 0 Å². The Balaban J connectivity index is 1.96. The molecule has 0 radical (unpaired) electrons. The number of hydrogen-bond acceptors (Lipinski definition) is 3. The number of ether oxygens (including phenoxy) is 1. The Hall–Kier alpha value is -2.56. The third-order valence-corrected chi connectivity index (χ3v) is 3.67. The zero-order chi connectivity index (χ0) is 18.4. The van der Waals surface area contributed by atoms with Gasteiger partial charge in [0.15, 0.2) is 5.96 Å². The highest BCUT2D eigenvalue weighted by Crippen LogP contribution is 2.20. The van der Waals surface area contributed by atoms with Crippen LogP contribution < -0.4 is 10.6 Å². The second kappa shape index (κ2) is 8.01. The molecule has 0 heterocycles. The molecule has 0 aliphatic carbocycles. The summed E-state index contributed by atoms with van der Waals surface area (Å²) in [6.45, 7) is 7.67. The second-order valence-electron chi connectivity index (χ2n) is 6.98. The lowest BCUT2D eigenvalue weighted by atomic mass is 10.0. The average molecular weight is 341 g/mol. The lowest BCUT2D eigenvalue weighted by molar-refractivity contribution is -0.153. The van der Waals surface area contributed by atoms with Gasteiger partial charge in [-0.1, -0.05) is 36.4 Å². The molecule has 25 heavy (non-hydrogen) atoms. The first-order valence-corrected chi connectivity index (χ1v) is 8.46. The average Bonchev–Trinajstić information content (AvgIpc) is 2.56.